The maximum absolute atomic E-state index is 13.1. The SMILES string of the molecule is CN(Cc1cnc[nH]1)c1ccc(F)c(Br)c1. The smallest absolute Gasteiger partial charge is 0.137 e. The van der Waals surface area contributed by atoms with Crippen molar-refractivity contribution in [3.8, 4) is 0 Å². The molecule has 0 unspecified atom stereocenters. The van der Waals surface area contributed by atoms with Gasteiger partial charge in [0.2, 0.25) is 0 Å². The van der Waals surface area contributed by atoms with E-state index in [2.05, 4.69) is 25.9 Å². The van der Waals surface area contributed by atoms with Gasteiger partial charge in [0.25, 0.3) is 0 Å². The summed E-state index contributed by atoms with van der Waals surface area (Å²) in [5.41, 5.74) is 1.96. The molecule has 0 aliphatic heterocycles. The number of hydrogen-bond acceptors (Lipinski definition) is 2. The van der Waals surface area contributed by atoms with Crippen molar-refractivity contribution in [2.45, 2.75) is 6.54 Å². The summed E-state index contributed by atoms with van der Waals surface area (Å²) in [6.07, 6.45) is 3.42. The highest BCUT2D eigenvalue weighted by Gasteiger charge is 2.05. The van der Waals surface area contributed by atoms with Crippen LogP contribution in [-0.4, -0.2) is 17.0 Å². The molecule has 2 aromatic rings. The first-order valence-electron chi connectivity index (χ1n) is 4.80. The highest BCUT2D eigenvalue weighted by molar-refractivity contribution is 9.10. The minimum Gasteiger partial charge on any atom is -0.369 e. The number of anilines is 1. The van der Waals surface area contributed by atoms with Gasteiger partial charge in [-0.25, -0.2) is 9.37 Å². The van der Waals surface area contributed by atoms with Crippen molar-refractivity contribution in [3.05, 3.63) is 46.7 Å². The van der Waals surface area contributed by atoms with E-state index in [0.717, 1.165) is 11.4 Å². The minimum atomic E-state index is -0.251. The van der Waals surface area contributed by atoms with Crippen LogP contribution < -0.4 is 4.90 Å². The lowest BCUT2D eigenvalue weighted by atomic mass is 10.3. The maximum atomic E-state index is 13.1. The number of nitrogens with one attached hydrogen (secondary N) is 1. The Kier molecular flexibility index (Phi) is 3.24. The van der Waals surface area contributed by atoms with E-state index in [1.807, 2.05) is 11.9 Å². The molecule has 0 radical (unpaired) electrons. The van der Waals surface area contributed by atoms with Crippen LogP contribution in [0.15, 0.2) is 35.2 Å². The Labute approximate surface area is 101 Å². The molecular weight excluding hydrogens is 273 g/mol. The third kappa shape index (κ3) is 2.41. The van der Waals surface area contributed by atoms with Gasteiger partial charge in [0, 0.05) is 18.9 Å². The van der Waals surface area contributed by atoms with Crippen LogP contribution in [0.5, 0.6) is 0 Å². The summed E-state index contributed by atoms with van der Waals surface area (Å²) in [6, 6.07) is 4.95. The third-order valence-electron chi connectivity index (χ3n) is 2.31. The molecule has 3 nitrogen and oxygen atoms in total. The topological polar surface area (TPSA) is 31.9 Å². The van der Waals surface area contributed by atoms with Gasteiger partial charge < -0.3 is 9.88 Å². The molecule has 0 spiro atoms. The van der Waals surface area contributed by atoms with E-state index in [1.54, 1.807) is 24.7 Å². The molecule has 0 fully saturated rings. The second kappa shape index (κ2) is 4.65. The van der Waals surface area contributed by atoms with Crippen molar-refractivity contribution < 1.29 is 4.39 Å². The number of rotatable bonds is 3. The average Bonchev–Trinajstić information content (AvgIpc) is 2.74. The van der Waals surface area contributed by atoms with Gasteiger partial charge in [-0.2, -0.15) is 0 Å². The normalized spacial score (nSPS) is 10.4. The second-order valence-electron chi connectivity index (χ2n) is 3.53. The van der Waals surface area contributed by atoms with Gasteiger partial charge in [-0.15, -0.1) is 0 Å². The van der Waals surface area contributed by atoms with Crippen LogP contribution in [0.1, 0.15) is 5.69 Å². The standard InChI is InChI=1S/C11H11BrFN3/c1-16(6-8-5-14-7-15-8)9-2-3-11(13)10(12)4-9/h2-5,7H,6H2,1H3,(H,14,15). The Bertz CT molecular complexity index is 470. The maximum Gasteiger partial charge on any atom is 0.137 e. The molecule has 0 aliphatic carbocycles. The van der Waals surface area contributed by atoms with E-state index in [1.165, 1.54) is 6.07 Å². The van der Waals surface area contributed by atoms with Gasteiger partial charge in [-0.3, -0.25) is 0 Å². The molecule has 16 heavy (non-hydrogen) atoms. The highest BCUT2D eigenvalue weighted by atomic mass is 79.9. The Morgan fingerprint density at radius 1 is 1.50 bits per heavy atom. The van der Waals surface area contributed by atoms with Gasteiger partial charge in [-0.05, 0) is 34.1 Å². The number of aromatic nitrogens is 2. The van der Waals surface area contributed by atoms with Crippen LogP contribution in [0.3, 0.4) is 0 Å². The molecule has 0 saturated carbocycles. The predicted molar refractivity (Wildman–Crippen MR) is 64.8 cm³/mol. The molecule has 0 saturated heterocycles. The van der Waals surface area contributed by atoms with Crippen molar-refractivity contribution in [2.24, 2.45) is 0 Å². The first-order chi connectivity index (χ1) is 7.66. The Morgan fingerprint density at radius 3 is 2.94 bits per heavy atom. The molecule has 1 aromatic heterocycles. The average molecular weight is 284 g/mol. The summed E-state index contributed by atoms with van der Waals surface area (Å²) in [4.78, 5) is 8.99. The van der Waals surface area contributed by atoms with E-state index < -0.39 is 0 Å². The first kappa shape index (κ1) is 11.1. The molecule has 0 amide bonds. The van der Waals surface area contributed by atoms with E-state index in [-0.39, 0.29) is 5.82 Å². The van der Waals surface area contributed by atoms with Gasteiger partial charge in [0.15, 0.2) is 0 Å². The number of aromatic amines is 1. The van der Waals surface area contributed by atoms with Crippen LogP contribution in [-0.2, 0) is 6.54 Å². The Hall–Kier alpha value is -1.36. The van der Waals surface area contributed by atoms with Crippen LogP contribution in [0.4, 0.5) is 10.1 Å². The van der Waals surface area contributed by atoms with E-state index in [4.69, 9.17) is 0 Å². The van der Waals surface area contributed by atoms with Crippen molar-refractivity contribution in [2.75, 3.05) is 11.9 Å². The largest absolute Gasteiger partial charge is 0.369 e. The van der Waals surface area contributed by atoms with Gasteiger partial charge in [0.1, 0.15) is 5.82 Å². The number of imidazole rings is 1. The van der Waals surface area contributed by atoms with Gasteiger partial charge in [0.05, 0.1) is 23.0 Å². The number of benzene rings is 1. The summed E-state index contributed by atoms with van der Waals surface area (Å²) in [5.74, 6) is -0.251. The number of halogens is 2. The number of nitrogens with zero attached hydrogens (tertiary/aromatic N) is 2. The lowest BCUT2D eigenvalue weighted by molar-refractivity contribution is 0.621. The van der Waals surface area contributed by atoms with Crippen LogP contribution in [0.2, 0.25) is 0 Å². The number of hydrogen-bond donors (Lipinski definition) is 1. The quantitative estimate of drug-likeness (QED) is 0.939. The minimum absolute atomic E-state index is 0.251. The van der Waals surface area contributed by atoms with Crippen molar-refractivity contribution in [1.82, 2.24) is 9.97 Å². The zero-order valence-electron chi connectivity index (χ0n) is 8.74. The molecular formula is C11H11BrFN3. The monoisotopic (exact) mass is 283 g/mol. The molecule has 1 heterocycles. The third-order valence-corrected chi connectivity index (χ3v) is 2.91. The molecule has 0 aliphatic rings. The van der Waals surface area contributed by atoms with Gasteiger partial charge >= 0.3 is 0 Å². The zero-order chi connectivity index (χ0) is 11.5. The Morgan fingerprint density at radius 2 is 2.31 bits per heavy atom. The summed E-state index contributed by atoms with van der Waals surface area (Å²) in [5, 5.41) is 0. The zero-order valence-corrected chi connectivity index (χ0v) is 10.3. The van der Waals surface area contributed by atoms with Crippen LogP contribution in [0, 0.1) is 5.82 Å². The summed E-state index contributed by atoms with van der Waals surface area (Å²) in [7, 11) is 1.94. The Balaban J connectivity index is 2.14. The molecule has 0 bridgehead atoms. The molecule has 1 aromatic carbocycles. The molecule has 5 heteroatoms. The number of H-pyrrole nitrogens is 1. The van der Waals surface area contributed by atoms with Crippen molar-refractivity contribution >= 4 is 21.6 Å². The predicted octanol–water partition coefficient (Wildman–Crippen LogP) is 2.95. The fraction of sp³-hybridized carbons (Fsp3) is 0.182. The van der Waals surface area contributed by atoms with E-state index in [0.29, 0.717) is 11.0 Å². The molecule has 84 valence electrons. The van der Waals surface area contributed by atoms with Gasteiger partial charge in [-0.1, -0.05) is 0 Å². The summed E-state index contributed by atoms with van der Waals surface area (Å²) < 4.78 is 13.5. The molecule has 1 N–H and O–H groups in total. The lowest BCUT2D eigenvalue weighted by Crippen LogP contribution is -2.16. The van der Waals surface area contributed by atoms with Crippen molar-refractivity contribution in [3.63, 3.8) is 0 Å². The molecule has 0 atom stereocenters. The lowest BCUT2D eigenvalue weighted by Gasteiger charge is -2.18. The fourth-order valence-corrected chi connectivity index (χ4v) is 1.81. The van der Waals surface area contributed by atoms with Crippen molar-refractivity contribution in [1.29, 1.82) is 0 Å². The van der Waals surface area contributed by atoms with E-state index >= 15 is 0 Å². The summed E-state index contributed by atoms with van der Waals surface area (Å²) in [6.45, 7) is 0.706. The second-order valence-corrected chi connectivity index (χ2v) is 4.39. The molecule has 2 rings (SSSR count). The van der Waals surface area contributed by atoms with E-state index in [9.17, 15) is 4.39 Å². The first-order valence-corrected chi connectivity index (χ1v) is 5.59. The fourth-order valence-electron chi connectivity index (χ4n) is 1.44. The van der Waals surface area contributed by atoms with Crippen LogP contribution >= 0.6 is 15.9 Å². The highest BCUT2D eigenvalue weighted by Crippen LogP contribution is 2.23. The summed E-state index contributed by atoms with van der Waals surface area (Å²) >= 11 is 3.17. The van der Waals surface area contributed by atoms with Crippen LogP contribution in [0.25, 0.3) is 0 Å².